The van der Waals surface area contributed by atoms with Crippen molar-refractivity contribution in [1.82, 2.24) is 5.32 Å². The van der Waals surface area contributed by atoms with Crippen LogP contribution >= 0.6 is 11.6 Å². The maximum absolute atomic E-state index is 8.67. The second kappa shape index (κ2) is 7.14. The van der Waals surface area contributed by atoms with Gasteiger partial charge in [-0.05, 0) is 29.9 Å². The summed E-state index contributed by atoms with van der Waals surface area (Å²) >= 11 is 6.25. The Morgan fingerprint density at radius 3 is 2.71 bits per heavy atom. The molecule has 0 atom stereocenters. The lowest BCUT2D eigenvalue weighted by molar-refractivity contribution is 0.207. The maximum Gasteiger partial charge on any atom is 0.170 e. The topological polar surface area (TPSA) is 70.6 Å². The Bertz CT molecular complexity index is 510. The van der Waals surface area contributed by atoms with Gasteiger partial charge in [0.1, 0.15) is 0 Å². The van der Waals surface area contributed by atoms with Crippen LogP contribution in [0.25, 0.3) is 0 Å². The van der Waals surface area contributed by atoms with Gasteiger partial charge in [-0.15, -0.1) is 0 Å². The molecule has 1 aliphatic rings. The van der Waals surface area contributed by atoms with Crippen LogP contribution in [0.3, 0.4) is 0 Å². The van der Waals surface area contributed by atoms with Crippen LogP contribution in [0.2, 0.25) is 5.02 Å². The predicted octanol–water partition coefficient (Wildman–Crippen LogP) is 3.49. The third-order valence-electron chi connectivity index (χ3n) is 4.38. The van der Waals surface area contributed by atoms with E-state index in [0.717, 1.165) is 18.7 Å². The van der Waals surface area contributed by atoms with E-state index in [4.69, 9.17) is 22.5 Å². The van der Waals surface area contributed by atoms with Crippen LogP contribution in [0.15, 0.2) is 23.4 Å². The van der Waals surface area contributed by atoms with Crippen molar-refractivity contribution in [3.05, 3.63) is 34.3 Å². The van der Waals surface area contributed by atoms with Crippen LogP contribution in [0, 0.1) is 5.41 Å². The number of benzene rings is 1. The second-order valence-electron chi connectivity index (χ2n) is 6.27. The standard InChI is InChI=1S/C16H24ClN3O/c1-16(7-3-2-4-8-16)11-19-10-13-6-5-12(9-14(13)17)15(18)20-21/h5-6,9,19,21H,2-4,7-8,10-11H2,1H3,(H2,18,20). The van der Waals surface area contributed by atoms with Crippen LogP contribution in [0.5, 0.6) is 0 Å². The van der Waals surface area contributed by atoms with Crippen molar-refractivity contribution in [2.45, 2.75) is 45.6 Å². The van der Waals surface area contributed by atoms with Gasteiger partial charge in [0.05, 0.1) is 0 Å². The Hall–Kier alpha value is -1.26. The maximum atomic E-state index is 8.67. The highest BCUT2D eigenvalue weighted by Crippen LogP contribution is 2.35. The molecule has 0 bridgehead atoms. The molecule has 0 spiro atoms. The fraction of sp³-hybridized carbons (Fsp3) is 0.562. The van der Waals surface area contributed by atoms with E-state index in [1.165, 1.54) is 32.1 Å². The van der Waals surface area contributed by atoms with E-state index in [0.29, 0.717) is 16.0 Å². The number of hydrogen-bond donors (Lipinski definition) is 3. The summed E-state index contributed by atoms with van der Waals surface area (Å²) in [7, 11) is 0. The highest BCUT2D eigenvalue weighted by molar-refractivity contribution is 6.31. The molecule has 0 saturated heterocycles. The fourth-order valence-electron chi connectivity index (χ4n) is 2.99. The number of amidine groups is 1. The van der Waals surface area contributed by atoms with Crippen LogP contribution in [-0.2, 0) is 6.54 Å². The largest absolute Gasteiger partial charge is 0.409 e. The van der Waals surface area contributed by atoms with Gasteiger partial charge in [0.15, 0.2) is 5.84 Å². The van der Waals surface area contributed by atoms with Gasteiger partial charge in [0, 0.05) is 23.7 Å². The summed E-state index contributed by atoms with van der Waals surface area (Å²) in [5.74, 6) is 0.0751. The zero-order chi connectivity index (χ0) is 15.3. The van der Waals surface area contributed by atoms with E-state index in [-0.39, 0.29) is 5.84 Å². The molecule has 1 saturated carbocycles. The molecule has 5 heteroatoms. The van der Waals surface area contributed by atoms with Gasteiger partial charge >= 0.3 is 0 Å². The van der Waals surface area contributed by atoms with Crippen molar-refractivity contribution in [3.8, 4) is 0 Å². The summed E-state index contributed by atoms with van der Waals surface area (Å²) in [5, 5.41) is 15.8. The average molecular weight is 310 g/mol. The number of hydrogen-bond acceptors (Lipinski definition) is 3. The van der Waals surface area contributed by atoms with E-state index in [9.17, 15) is 0 Å². The van der Waals surface area contributed by atoms with Gasteiger partial charge in [-0.3, -0.25) is 0 Å². The highest BCUT2D eigenvalue weighted by atomic mass is 35.5. The minimum atomic E-state index is 0.0751. The van der Waals surface area contributed by atoms with Crippen LogP contribution in [0.1, 0.15) is 50.2 Å². The lowest BCUT2D eigenvalue weighted by Crippen LogP contribution is -2.33. The molecule has 0 aliphatic heterocycles. The van der Waals surface area contributed by atoms with E-state index < -0.39 is 0 Å². The quantitative estimate of drug-likeness (QED) is 0.337. The zero-order valence-corrected chi connectivity index (χ0v) is 13.3. The monoisotopic (exact) mass is 309 g/mol. The fourth-order valence-corrected chi connectivity index (χ4v) is 3.24. The number of nitrogens with one attached hydrogen (secondary N) is 1. The lowest BCUT2D eigenvalue weighted by atomic mass is 9.76. The Morgan fingerprint density at radius 2 is 2.10 bits per heavy atom. The van der Waals surface area contributed by atoms with Crippen molar-refractivity contribution in [3.63, 3.8) is 0 Å². The molecule has 1 fully saturated rings. The summed E-state index contributed by atoms with van der Waals surface area (Å²) in [4.78, 5) is 0. The molecule has 0 radical (unpaired) electrons. The Morgan fingerprint density at radius 1 is 1.38 bits per heavy atom. The van der Waals surface area contributed by atoms with Crippen LogP contribution in [-0.4, -0.2) is 17.6 Å². The SMILES string of the molecule is CC1(CNCc2ccc(/C(N)=N/O)cc2Cl)CCCCC1. The molecule has 21 heavy (non-hydrogen) atoms. The highest BCUT2D eigenvalue weighted by Gasteiger charge is 2.26. The Labute approximate surface area is 131 Å². The molecule has 4 N–H and O–H groups in total. The summed E-state index contributed by atoms with van der Waals surface area (Å²) in [6.45, 7) is 4.12. The first-order valence-electron chi connectivity index (χ1n) is 7.51. The first-order chi connectivity index (χ1) is 10.0. The summed E-state index contributed by atoms with van der Waals surface area (Å²) in [6, 6.07) is 5.47. The number of rotatable bonds is 5. The first kappa shape index (κ1) is 16.1. The van der Waals surface area contributed by atoms with Crippen LogP contribution < -0.4 is 11.1 Å². The molecule has 1 aromatic rings. The third-order valence-corrected chi connectivity index (χ3v) is 4.74. The van der Waals surface area contributed by atoms with Crippen LogP contribution in [0.4, 0.5) is 0 Å². The average Bonchev–Trinajstić information content (AvgIpc) is 2.48. The van der Waals surface area contributed by atoms with Gasteiger partial charge in [0.25, 0.3) is 0 Å². The van der Waals surface area contributed by atoms with E-state index in [1.807, 2.05) is 12.1 Å². The molecule has 1 aliphatic carbocycles. The van der Waals surface area contributed by atoms with Crippen molar-refractivity contribution in [2.24, 2.45) is 16.3 Å². The van der Waals surface area contributed by atoms with Gasteiger partial charge in [-0.1, -0.05) is 55.1 Å². The third kappa shape index (κ3) is 4.35. The van der Waals surface area contributed by atoms with E-state index in [1.54, 1.807) is 6.07 Å². The number of halogens is 1. The number of nitrogens with two attached hydrogens (primary N) is 1. The summed E-state index contributed by atoms with van der Waals surface area (Å²) in [5.41, 5.74) is 7.63. The molecular formula is C16H24ClN3O. The molecule has 0 amide bonds. The Kier molecular flexibility index (Phi) is 5.48. The van der Waals surface area contributed by atoms with E-state index in [2.05, 4.69) is 17.4 Å². The molecule has 1 aromatic carbocycles. The minimum Gasteiger partial charge on any atom is -0.409 e. The zero-order valence-electron chi connectivity index (χ0n) is 12.5. The van der Waals surface area contributed by atoms with Crippen molar-refractivity contribution < 1.29 is 5.21 Å². The molecule has 0 heterocycles. The summed E-state index contributed by atoms with van der Waals surface area (Å²) in [6.07, 6.45) is 6.66. The second-order valence-corrected chi connectivity index (χ2v) is 6.67. The smallest absolute Gasteiger partial charge is 0.170 e. The minimum absolute atomic E-state index is 0.0751. The Balaban J connectivity index is 1.91. The number of oxime groups is 1. The van der Waals surface area contributed by atoms with Gasteiger partial charge < -0.3 is 16.3 Å². The normalized spacial score (nSPS) is 18.7. The van der Waals surface area contributed by atoms with E-state index >= 15 is 0 Å². The molecule has 2 rings (SSSR count). The molecule has 116 valence electrons. The van der Waals surface area contributed by atoms with Crippen molar-refractivity contribution in [1.29, 1.82) is 0 Å². The molecular weight excluding hydrogens is 286 g/mol. The van der Waals surface area contributed by atoms with Crippen molar-refractivity contribution in [2.75, 3.05) is 6.54 Å². The first-order valence-corrected chi connectivity index (χ1v) is 7.89. The predicted molar refractivity (Wildman–Crippen MR) is 86.9 cm³/mol. The van der Waals surface area contributed by atoms with Gasteiger partial charge in [0.2, 0.25) is 0 Å². The summed E-state index contributed by atoms with van der Waals surface area (Å²) < 4.78 is 0. The molecule has 0 aromatic heterocycles. The van der Waals surface area contributed by atoms with Crippen molar-refractivity contribution >= 4 is 17.4 Å². The number of nitrogens with zero attached hydrogens (tertiary/aromatic N) is 1. The van der Waals surface area contributed by atoms with Gasteiger partial charge in [-0.25, -0.2) is 0 Å². The lowest BCUT2D eigenvalue weighted by Gasteiger charge is -2.33. The van der Waals surface area contributed by atoms with Gasteiger partial charge in [-0.2, -0.15) is 0 Å². The molecule has 4 nitrogen and oxygen atoms in total. The molecule has 0 unspecified atom stereocenters.